The van der Waals surface area contributed by atoms with E-state index in [0.29, 0.717) is 16.3 Å². The Hall–Kier alpha value is -2.89. The lowest BCUT2D eigenvalue weighted by Crippen LogP contribution is -2.22. The molecule has 6 heteroatoms. The number of halogens is 1. The summed E-state index contributed by atoms with van der Waals surface area (Å²) >= 11 is 5.82. The SMILES string of the molecule is CC(O)(c1ccncc1)c1ccc(NC(=O)OCc2ccc(Cl)cc2)cc1. The number of anilines is 1. The average Bonchev–Trinajstić information content (AvgIpc) is 2.69. The number of benzene rings is 2. The number of ether oxygens (including phenoxy) is 1. The van der Waals surface area contributed by atoms with E-state index in [2.05, 4.69) is 10.3 Å². The van der Waals surface area contributed by atoms with Crippen LogP contribution in [-0.2, 0) is 16.9 Å². The highest BCUT2D eigenvalue weighted by Crippen LogP contribution is 2.29. The van der Waals surface area contributed by atoms with Gasteiger partial charge < -0.3 is 9.84 Å². The lowest BCUT2D eigenvalue weighted by atomic mass is 9.89. The molecule has 3 rings (SSSR count). The quantitative estimate of drug-likeness (QED) is 0.668. The summed E-state index contributed by atoms with van der Waals surface area (Å²) in [6.45, 7) is 1.86. The Morgan fingerprint density at radius 1 is 1.04 bits per heavy atom. The lowest BCUT2D eigenvalue weighted by Gasteiger charge is -2.24. The largest absolute Gasteiger partial charge is 0.444 e. The van der Waals surface area contributed by atoms with E-state index >= 15 is 0 Å². The van der Waals surface area contributed by atoms with E-state index in [1.165, 1.54) is 0 Å². The fraction of sp³-hybridized carbons (Fsp3) is 0.143. The number of rotatable bonds is 5. The smallest absolute Gasteiger partial charge is 0.411 e. The summed E-state index contributed by atoms with van der Waals surface area (Å²) in [5.41, 5.74) is 1.70. The predicted molar refractivity (Wildman–Crippen MR) is 105 cm³/mol. The maximum Gasteiger partial charge on any atom is 0.411 e. The zero-order valence-electron chi connectivity index (χ0n) is 14.7. The fourth-order valence-electron chi connectivity index (χ4n) is 2.60. The molecule has 0 bridgehead atoms. The normalized spacial score (nSPS) is 12.9. The molecule has 0 aliphatic rings. The van der Waals surface area contributed by atoms with Gasteiger partial charge in [-0.15, -0.1) is 0 Å². The van der Waals surface area contributed by atoms with Gasteiger partial charge in [-0.25, -0.2) is 4.79 Å². The molecule has 5 nitrogen and oxygen atoms in total. The summed E-state index contributed by atoms with van der Waals surface area (Å²) < 4.78 is 5.19. The number of hydrogen-bond donors (Lipinski definition) is 2. The Labute approximate surface area is 162 Å². The van der Waals surface area contributed by atoms with Gasteiger partial charge in [0.15, 0.2) is 0 Å². The first-order valence-corrected chi connectivity index (χ1v) is 8.74. The first kappa shape index (κ1) is 18.9. The molecule has 0 saturated heterocycles. The molecular weight excluding hydrogens is 364 g/mol. The van der Waals surface area contributed by atoms with Crippen molar-refractivity contribution in [2.45, 2.75) is 19.1 Å². The van der Waals surface area contributed by atoms with E-state index in [1.807, 2.05) is 0 Å². The summed E-state index contributed by atoms with van der Waals surface area (Å²) in [5, 5.41) is 14.1. The first-order valence-electron chi connectivity index (χ1n) is 8.37. The van der Waals surface area contributed by atoms with E-state index in [9.17, 15) is 9.90 Å². The van der Waals surface area contributed by atoms with Gasteiger partial charge in [0.1, 0.15) is 12.2 Å². The van der Waals surface area contributed by atoms with Gasteiger partial charge in [-0.1, -0.05) is 35.9 Å². The highest BCUT2D eigenvalue weighted by atomic mass is 35.5. The van der Waals surface area contributed by atoms with Crippen LogP contribution in [0.2, 0.25) is 5.02 Å². The van der Waals surface area contributed by atoms with E-state index in [1.54, 1.807) is 80.0 Å². The summed E-state index contributed by atoms with van der Waals surface area (Å²) in [4.78, 5) is 15.9. The van der Waals surface area contributed by atoms with Gasteiger partial charge in [0.25, 0.3) is 0 Å². The highest BCUT2D eigenvalue weighted by molar-refractivity contribution is 6.30. The monoisotopic (exact) mass is 382 g/mol. The van der Waals surface area contributed by atoms with Crippen LogP contribution in [0.5, 0.6) is 0 Å². The molecule has 1 aromatic heterocycles. The second kappa shape index (κ2) is 8.20. The van der Waals surface area contributed by atoms with Gasteiger partial charge in [0.2, 0.25) is 0 Å². The van der Waals surface area contributed by atoms with Crippen LogP contribution in [0.15, 0.2) is 73.1 Å². The molecule has 1 unspecified atom stereocenters. The van der Waals surface area contributed by atoms with Crippen LogP contribution >= 0.6 is 11.6 Å². The van der Waals surface area contributed by atoms with Gasteiger partial charge in [0, 0.05) is 23.1 Å². The number of hydrogen-bond acceptors (Lipinski definition) is 4. The average molecular weight is 383 g/mol. The van der Waals surface area contributed by atoms with Gasteiger partial charge in [-0.3, -0.25) is 10.3 Å². The Balaban J connectivity index is 1.60. The number of pyridine rings is 1. The minimum absolute atomic E-state index is 0.151. The standard InChI is InChI=1S/C21H19ClN2O3/c1-21(26,17-10-12-23-13-11-17)16-4-8-19(9-5-16)24-20(25)27-14-15-2-6-18(22)7-3-15/h2-13,26H,14H2,1H3,(H,24,25). The van der Waals surface area contributed by atoms with Crippen LogP contribution in [0.25, 0.3) is 0 Å². The molecule has 0 spiro atoms. The molecule has 1 atom stereocenters. The van der Waals surface area contributed by atoms with E-state index in [-0.39, 0.29) is 6.61 Å². The fourth-order valence-corrected chi connectivity index (χ4v) is 2.73. The lowest BCUT2D eigenvalue weighted by molar-refractivity contribution is 0.102. The van der Waals surface area contributed by atoms with Crippen LogP contribution in [0, 0.1) is 0 Å². The third kappa shape index (κ3) is 4.84. The number of nitrogens with zero attached hydrogens (tertiary/aromatic N) is 1. The molecule has 0 radical (unpaired) electrons. The van der Waals surface area contributed by atoms with Crippen LogP contribution in [-0.4, -0.2) is 16.2 Å². The second-order valence-electron chi connectivity index (χ2n) is 6.21. The van der Waals surface area contributed by atoms with Gasteiger partial charge in [-0.05, 0) is 60.0 Å². The van der Waals surface area contributed by atoms with Gasteiger partial charge in [-0.2, -0.15) is 0 Å². The molecule has 0 aliphatic carbocycles. The maximum atomic E-state index is 11.9. The Kier molecular flexibility index (Phi) is 5.74. The molecule has 1 heterocycles. The second-order valence-corrected chi connectivity index (χ2v) is 6.65. The van der Waals surface area contributed by atoms with Crippen molar-refractivity contribution in [3.63, 3.8) is 0 Å². The number of aromatic nitrogens is 1. The number of aliphatic hydroxyl groups is 1. The Bertz CT molecular complexity index is 895. The van der Waals surface area contributed by atoms with E-state index in [0.717, 1.165) is 11.1 Å². The third-order valence-corrected chi connectivity index (χ3v) is 4.47. The molecule has 0 saturated carbocycles. The topological polar surface area (TPSA) is 71.5 Å². The molecule has 3 aromatic rings. The van der Waals surface area contributed by atoms with Crippen molar-refractivity contribution in [2.24, 2.45) is 0 Å². The van der Waals surface area contributed by atoms with Crippen molar-refractivity contribution in [1.82, 2.24) is 4.98 Å². The van der Waals surface area contributed by atoms with Crippen molar-refractivity contribution in [3.05, 3.63) is 94.8 Å². The zero-order valence-corrected chi connectivity index (χ0v) is 15.5. The zero-order chi connectivity index (χ0) is 19.3. The third-order valence-electron chi connectivity index (χ3n) is 4.22. The van der Waals surface area contributed by atoms with Crippen LogP contribution in [0.3, 0.4) is 0 Å². The molecule has 0 fully saturated rings. The first-order chi connectivity index (χ1) is 12.9. The van der Waals surface area contributed by atoms with E-state index in [4.69, 9.17) is 16.3 Å². The highest BCUT2D eigenvalue weighted by Gasteiger charge is 2.25. The van der Waals surface area contributed by atoms with Crippen molar-refractivity contribution < 1.29 is 14.6 Å². The van der Waals surface area contributed by atoms with Gasteiger partial charge >= 0.3 is 6.09 Å². The predicted octanol–water partition coefficient (Wildman–Crippen LogP) is 4.74. The molecule has 2 N–H and O–H groups in total. The number of carbonyl (C=O) groups is 1. The van der Waals surface area contributed by atoms with Crippen molar-refractivity contribution in [2.75, 3.05) is 5.32 Å². The molecule has 138 valence electrons. The number of carbonyl (C=O) groups excluding carboxylic acids is 1. The van der Waals surface area contributed by atoms with Crippen molar-refractivity contribution in [1.29, 1.82) is 0 Å². The van der Waals surface area contributed by atoms with Crippen molar-refractivity contribution >= 4 is 23.4 Å². The summed E-state index contributed by atoms with van der Waals surface area (Å²) in [6, 6.07) is 17.6. The Morgan fingerprint density at radius 2 is 1.63 bits per heavy atom. The minimum Gasteiger partial charge on any atom is -0.444 e. The molecule has 1 amide bonds. The molecular formula is C21H19ClN2O3. The summed E-state index contributed by atoms with van der Waals surface area (Å²) in [7, 11) is 0. The number of nitrogens with one attached hydrogen (secondary N) is 1. The maximum absolute atomic E-state index is 11.9. The Morgan fingerprint density at radius 3 is 2.26 bits per heavy atom. The summed E-state index contributed by atoms with van der Waals surface area (Å²) in [6.07, 6.45) is 2.71. The van der Waals surface area contributed by atoms with Crippen LogP contribution < -0.4 is 5.32 Å². The molecule has 2 aromatic carbocycles. The molecule has 27 heavy (non-hydrogen) atoms. The van der Waals surface area contributed by atoms with Crippen LogP contribution in [0.4, 0.5) is 10.5 Å². The minimum atomic E-state index is -1.16. The van der Waals surface area contributed by atoms with Gasteiger partial charge in [0.05, 0.1) is 0 Å². The molecule has 0 aliphatic heterocycles. The summed E-state index contributed by atoms with van der Waals surface area (Å²) in [5.74, 6) is 0. The van der Waals surface area contributed by atoms with Crippen molar-refractivity contribution in [3.8, 4) is 0 Å². The van der Waals surface area contributed by atoms with E-state index < -0.39 is 11.7 Å². The van der Waals surface area contributed by atoms with Crippen LogP contribution in [0.1, 0.15) is 23.6 Å². The number of amides is 1.